The largest absolute Gasteiger partial charge is 0.490 e. The Bertz CT molecular complexity index is 550. The van der Waals surface area contributed by atoms with Gasteiger partial charge in [0, 0.05) is 5.69 Å². The predicted molar refractivity (Wildman–Crippen MR) is 83.9 cm³/mol. The van der Waals surface area contributed by atoms with Crippen molar-refractivity contribution in [3.05, 3.63) is 61.1 Å². The first kappa shape index (κ1) is 14.1. The van der Waals surface area contributed by atoms with Crippen LogP contribution in [0.1, 0.15) is 5.76 Å². The lowest BCUT2D eigenvalue weighted by atomic mass is 10.3. The van der Waals surface area contributed by atoms with Crippen molar-refractivity contribution in [2.24, 2.45) is 0 Å². The van der Waals surface area contributed by atoms with Gasteiger partial charge in [-0.2, -0.15) is 0 Å². The number of thiocarbonyl (C=S) groups is 1. The highest BCUT2D eigenvalue weighted by Crippen LogP contribution is 2.15. The Hall–Kier alpha value is -2.27. The van der Waals surface area contributed by atoms with Gasteiger partial charge in [-0.3, -0.25) is 0 Å². The molecular formula is C15H16N2O2S. The zero-order valence-corrected chi connectivity index (χ0v) is 11.8. The van der Waals surface area contributed by atoms with E-state index in [0.717, 1.165) is 17.2 Å². The molecule has 0 saturated heterocycles. The summed E-state index contributed by atoms with van der Waals surface area (Å²) < 4.78 is 10.6. The van der Waals surface area contributed by atoms with Crippen LogP contribution in [0, 0.1) is 0 Å². The Balaban J connectivity index is 1.80. The zero-order chi connectivity index (χ0) is 14.2. The third-order valence-electron chi connectivity index (χ3n) is 2.48. The van der Waals surface area contributed by atoms with Gasteiger partial charge >= 0.3 is 0 Å². The van der Waals surface area contributed by atoms with E-state index in [4.69, 9.17) is 21.4 Å². The van der Waals surface area contributed by atoms with Crippen LogP contribution in [0.5, 0.6) is 5.75 Å². The Morgan fingerprint density at radius 3 is 2.75 bits per heavy atom. The first-order valence-electron chi connectivity index (χ1n) is 6.19. The second kappa shape index (κ2) is 7.35. The van der Waals surface area contributed by atoms with Crippen LogP contribution in [0.2, 0.25) is 0 Å². The molecule has 104 valence electrons. The standard InChI is InChI=1S/C15H16N2O2S/c1-2-9-18-13-7-5-12(6-8-13)17-15(20)16-11-14-4-3-10-19-14/h2-8,10H,1,9,11H2,(H2,16,17,20). The molecule has 2 N–H and O–H groups in total. The van der Waals surface area contributed by atoms with Gasteiger partial charge in [-0.25, -0.2) is 0 Å². The molecule has 4 nitrogen and oxygen atoms in total. The van der Waals surface area contributed by atoms with Gasteiger partial charge in [0.15, 0.2) is 5.11 Å². The van der Waals surface area contributed by atoms with Crippen molar-refractivity contribution in [2.45, 2.75) is 6.54 Å². The van der Waals surface area contributed by atoms with E-state index in [9.17, 15) is 0 Å². The van der Waals surface area contributed by atoms with Gasteiger partial charge in [0.25, 0.3) is 0 Å². The van der Waals surface area contributed by atoms with Crippen molar-refractivity contribution in [1.82, 2.24) is 5.32 Å². The molecule has 0 aliphatic rings. The molecule has 0 amide bonds. The normalized spacial score (nSPS) is 9.80. The quantitative estimate of drug-likeness (QED) is 0.630. The van der Waals surface area contributed by atoms with Crippen LogP contribution in [0.3, 0.4) is 0 Å². The minimum atomic E-state index is 0.496. The van der Waals surface area contributed by atoms with Crippen LogP contribution in [-0.4, -0.2) is 11.7 Å². The molecule has 5 heteroatoms. The zero-order valence-electron chi connectivity index (χ0n) is 11.0. The number of furan rings is 1. The highest BCUT2D eigenvalue weighted by atomic mass is 32.1. The number of anilines is 1. The smallest absolute Gasteiger partial charge is 0.171 e. The first-order valence-corrected chi connectivity index (χ1v) is 6.60. The average molecular weight is 288 g/mol. The van der Waals surface area contributed by atoms with E-state index in [0.29, 0.717) is 18.3 Å². The van der Waals surface area contributed by atoms with Crippen LogP contribution in [0.15, 0.2) is 59.7 Å². The highest BCUT2D eigenvalue weighted by Gasteiger charge is 2.00. The van der Waals surface area contributed by atoms with Crippen molar-refractivity contribution in [3.8, 4) is 5.75 Å². The Labute approximate surface area is 123 Å². The van der Waals surface area contributed by atoms with Gasteiger partial charge < -0.3 is 19.8 Å². The summed E-state index contributed by atoms with van der Waals surface area (Å²) in [4.78, 5) is 0. The van der Waals surface area contributed by atoms with Crippen molar-refractivity contribution in [1.29, 1.82) is 0 Å². The number of nitrogens with one attached hydrogen (secondary N) is 2. The third kappa shape index (κ3) is 4.44. The Morgan fingerprint density at radius 2 is 2.10 bits per heavy atom. The Kier molecular flexibility index (Phi) is 5.20. The fourth-order valence-electron chi connectivity index (χ4n) is 1.55. The summed E-state index contributed by atoms with van der Waals surface area (Å²) in [5.41, 5.74) is 0.896. The maximum Gasteiger partial charge on any atom is 0.171 e. The van der Waals surface area contributed by atoms with Crippen molar-refractivity contribution >= 4 is 23.0 Å². The summed E-state index contributed by atoms with van der Waals surface area (Å²) in [6, 6.07) is 11.3. The SMILES string of the molecule is C=CCOc1ccc(NC(=S)NCc2ccco2)cc1. The van der Waals surface area contributed by atoms with Gasteiger partial charge in [-0.1, -0.05) is 12.7 Å². The van der Waals surface area contributed by atoms with Crippen LogP contribution >= 0.6 is 12.2 Å². The molecule has 2 aromatic rings. The lowest BCUT2D eigenvalue weighted by molar-refractivity contribution is 0.363. The van der Waals surface area contributed by atoms with Gasteiger partial charge in [-0.05, 0) is 48.6 Å². The predicted octanol–water partition coefficient (Wildman–Crippen LogP) is 3.33. The summed E-state index contributed by atoms with van der Waals surface area (Å²) >= 11 is 5.20. The molecule has 0 atom stereocenters. The van der Waals surface area contributed by atoms with Gasteiger partial charge in [0.2, 0.25) is 0 Å². The maximum absolute atomic E-state index is 5.40. The van der Waals surface area contributed by atoms with Crippen molar-refractivity contribution in [2.75, 3.05) is 11.9 Å². The molecular weight excluding hydrogens is 272 g/mol. The van der Waals surface area contributed by atoms with Gasteiger partial charge in [0.05, 0.1) is 12.8 Å². The topological polar surface area (TPSA) is 46.4 Å². The van der Waals surface area contributed by atoms with E-state index in [-0.39, 0.29) is 0 Å². The molecule has 2 rings (SSSR count). The average Bonchev–Trinajstić information content (AvgIpc) is 2.98. The summed E-state index contributed by atoms with van der Waals surface area (Å²) in [7, 11) is 0. The Morgan fingerprint density at radius 1 is 1.30 bits per heavy atom. The maximum atomic E-state index is 5.40. The minimum absolute atomic E-state index is 0.496. The second-order valence-corrected chi connectivity index (χ2v) is 4.42. The molecule has 20 heavy (non-hydrogen) atoms. The third-order valence-corrected chi connectivity index (χ3v) is 2.73. The number of benzene rings is 1. The molecule has 0 aliphatic carbocycles. The first-order chi connectivity index (χ1) is 9.78. The summed E-state index contributed by atoms with van der Waals surface area (Å²) in [5.74, 6) is 1.63. The molecule has 1 aromatic heterocycles. The van der Waals surface area contributed by atoms with E-state index in [2.05, 4.69) is 17.2 Å². The van der Waals surface area contributed by atoms with E-state index in [1.165, 1.54) is 0 Å². The molecule has 0 aliphatic heterocycles. The molecule has 1 aromatic carbocycles. The molecule has 0 fully saturated rings. The van der Waals surface area contributed by atoms with Gasteiger partial charge in [-0.15, -0.1) is 0 Å². The molecule has 0 saturated carbocycles. The van der Waals surface area contributed by atoms with Crippen LogP contribution in [0.25, 0.3) is 0 Å². The van der Waals surface area contributed by atoms with Crippen molar-refractivity contribution in [3.63, 3.8) is 0 Å². The van der Waals surface area contributed by atoms with Crippen molar-refractivity contribution < 1.29 is 9.15 Å². The van der Waals surface area contributed by atoms with Crippen LogP contribution < -0.4 is 15.4 Å². The monoisotopic (exact) mass is 288 g/mol. The summed E-state index contributed by atoms with van der Waals surface area (Å²) in [5, 5.41) is 6.70. The van der Waals surface area contributed by atoms with E-state index in [1.54, 1.807) is 12.3 Å². The molecule has 0 unspecified atom stereocenters. The second-order valence-electron chi connectivity index (χ2n) is 4.01. The minimum Gasteiger partial charge on any atom is -0.490 e. The van der Waals surface area contributed by atoms with Crippen LogP contribution in [0.4, 0.5) is 5.69 Å². The molecule has 0 spiro atoms. The van der Waals surface area contributed by atoms with E-state index >= 15 is 0 Å². The van der Waals surface area contributed by atoms with E-state index < -0.39 is 0 Å². The van der Waals surface area contributed by atoms with Crippen LogP contribution in [-0.2, 0) is 6.54 Å². The summed E-state index contributed by atoms with van der Waals surface area (Å²) in [6.45, 7) is 4.65. The summed E-state index contributed by atoms with van der Waals surface area (Å²) in [6.07, 6.45) is 3.34. The fourth-order valence-corrected chi connectivity index (χ4v) is 1.74. The number of rotatable bonds is 6. The molecule has 0 radical (unpaired) electrons. The highest BCUT2D eigenvalue weighted by molar-refractivity contribution is 7.80. The lowest BCUT2D eigenvalue weighted by Gasteiger charge is -2.10. The molecule has 0 bridgehead atoms. The number of ether oxygens (including phenoxy) is 1. The van der Waals surface area contributed by atoms with Gasteiger partial charge in [0.1, 0.15) is 18.1 Å². The molecule has 1 heterocycles. The lowest BCUT2D eigenvalue weighted by Crippen LogP contribution is -2.27. The fraction of sp³-hybridized carbons (Fsp3) is 0.133. The number of hydrogen-bond acceptors (Lipinski definition) is 3. The van der Waals surface area contributed by atoms with E-state index in [1.807, 2.05) is 36.4 Å². The number of hydrogen-bond donors (Lipinski definition) is 2.